The van der Waals surface area contributed by atoms with Gasteiger partial charge < -0.3 is 10.2 Å². The Hall–Kier alpha value is -2.34. The minimum absolute atomic E-state index is 0.0286. The molecule has 0 fully saturated rings. The van der Waals surface area contributed by atoms with E-state index in [1.165, 1.54) is 6.08 Å². The van der Waals surface area contributed by atoms with Gasteiger partial charge in [0.15, 0.2) is 0 Å². The van der Waals surface area contributed by atoms with E-state index in [4.69, 9.17) is 5.11 Å². The fraction of sp³-hybridized carbons (Fsp3) is 0.0714. The molecule has 5 nitrogen and oxygen atoms in total. The van der Waals surface area contributed by atoms with Gasteiger partial charge in [-0.1, -0.05) is 18.2 Å². The van der Waals surface area contributed by atoms with Crippen molar-refractivity contribution in [2.24, 2.45) is 0 Å². The number of aryl methyl sites for hydroxylation is 1. The number of aliphatic carboxylic acids is 1. The maximum absolute atomic E-state index is 11.5. The topological polar surface area (TPSA) is 87.5 Å². The number of aromatic carboxylic acids is 1. The van der Waals surface area contributed by atoms with Gasteiger partial charge in [0, 0.05) is 16.6 Å². The molecule has 0 saturated heterocycles. The van der Waals surface area contributed by atoms with Gasteiger partial charge >= 0.3 is 11.9 Å². The first-order valence-corrected chi connectivity index (χ1v) is 6.13. The molecule has 0 bridgehead atoms. The maximum Gasteiger partial charge on any atom is 0.341 e. The summed E-state index contributed by atoms with van der Waals surface area (Å²) in [6.45, 7) is 1.63. The van der Waals surface area contributed by atoms with Crippen molar-refractivity contribution in [3.05, 3.63) is 46.0 Å². The average molecular weight is 289 g/mol. The molecule has 1 heterocycles. The lowest BCUT2D eigenvalue weighted by Crippen LogP contribution is -2.06. The minimum atomic E-state index is -1.22. The molecule has 0 unspecified atom stereocenters. The van der Waals surface area contributed by atoms with E-state index in [0.29, 0.717) is 16.6 Å². The van der Waals surface area contributed by atoms with Gasteiger partial charge in [-0.2, -0.15) is 0 Å². The fourth-order valence-electron chi connectivity index (χ4n) is 1.95. The largest absolute Gasteiger partial charge is 0.478 e. The highest BCUT2D eigenvalue weighted by atomic mass is 32.1. The van der Waals surface area contributed by atoms with Crippen molar-refractivity contribution < 1.29 is 19.8 Å². The summed E-state index contributed by atoms with van der Waals surface area (Å²) in [6.07, 6.45) is 1.21. The third kappa shape index (κ3) is 2.50. The van der Waals surface area contributed by atoms with Gasteiger partial charge in [0.1, 0.15) is 0 Å². The molecular formula is C14H11NO4S. The molecule has 2 aromatic rings. The Labute approximate surface area is 120 Å². The van der Waals surface area contributed by atoms with Crippen LogP contribution >= 0.6 is 12.6 Å². The highest BCUT2D eigenvalue weighted by Gasteiger charge is 2.17. The van der Waals surface area contributed by atoms with Crippen LogP contribution in [0.15, 0.2) is 29.2 Å². The molecule has 102 valence electrons. The molecule has 2 N–H and O–H groups in total. The van der Waals surface area contributed by atoms with E-state index < -0.39 is 11.9 Å². The van der Waals surface area contributed by atoms with Gasteiger partial charge in [-0.25, -0.2) is 9.59 Å². The van der Waals surface area contributed by atoms with E-state index in [1.807, 2.05) is 0 Å². The molecular weight excluding hydrogens is 278 g/mol. The van der Waals surface area contributed by atoms with Crippen LogP contribution in [0.2, 0.25) is 0 Å². The zero-order chi connectivity index (χ0) is 14.9. The number of nitrogens with zero attached hydrogens (tertiary/aromatic N) is 1. The minimum Gasteiger partial charge on any atom is -0.478 e. The molecule has 0 spiro atoms. The van der Waals surface area contributed by atoms with Gasteiger partial charge in [-0.15, -0.1) is 12.6 Å². The van der Waals surface area contributed by atoms with Crippen LogP contribution < -0.4 is 0 Å². The van der Waals surface area contributed by atoms with Crippen molar-refractivity contribution in [1.29, 1.82) is 0 Å². The highest BCUT2D eigenvalue weighted by molar-refractivity contribution is 7.85. The molecule has 0 aliphatic heterocycles. The molecule has 2 rings (SSSR count). The number of hydrogen-bond donors (Lipinski definition) is 3. The number of fused-ring (bicyclic) bond motifs is 1. The van der Waals surface area contributed by atoms with Gasteiger partial charge in [0.2, 0.25) is 0 Å². The zero-order valence-electron chi connectivity index (χ0n) is 10.5. The lowest BCUT2D eigenvalue weighted by molar-refractivity contribution is -0.131. The van der Waals surface area contributed by atoms with Crippen LogP contribution in [-0.4, -0.2) is 27.1 Å². The van der Waals surface area contributed by atoms with E-state index in [1.54, 1.807) is 31.2 Å². The van der Waals surface area contributed by atoms with E-state index in [9.17, 15) is 14.7 Å². The van der Waals surface area contributed by atoms with Crippen LogP contribution in [0.4, 0.5) is 0 Å². The number of thiol groups is 1. The van der Waals surface area contributed by atoms with Crippen molar-refractivity contribution in [1.82, 2.24) is 4.98 Å². The summed E-state index contributed by atoms with van der Waals surface area (Å²) in [6, 6.07) is 6.82. The molecule has 0 amide bonds. The Morgan fingerprint density at radius 1 is 1.25 bits per heavy atom. The number of carboxylic acid groups (broad SMARTS) is 2. The summed E-state index contributed by atoms with van der Waals surface area (Å²) in [4.78, 5) is 26.4. The third-order valence-corrected chi connectivity index (χ3v) is 3.16. The number of hydrogen-bond acceptors (Lipinski definition) is 4. The third-order valence-electron chi connectivity index (χ3n) is 2.83. The molecule has 6 heteroatoms. The number of pyridine rings is 1. The quantitative estimate of drug-likeness (QED) is 0.597. The van der Waals surface area contributed by atoms with Crippen molar-refractivity contribution in [2.75, 3.05) is 0 Å². The smallest absolute Gasteiger partial charge is 0.341 e. The van der Waals surface area contributed by atoms with Crippen molar-refractivity contribution in [2.45, 2.75) is 6.92 Å². The normalized spacial score (nSPS) is 11.6. The molecule has 1 aromatic carbocycles. The summed E-state index contributed by atoms with van der Waals surface area (Å²) >= 11 is 3.83. The number of carbonyl (C=O) groups is 2. The van der Waals surface area contributed by atoms with Crippen molar-refractivity contribution in [3.8, 4) is 0 Å². The van der Waals surface area contributed by atoms with Crippen LogP contribution in [0, 0.1) is 6.92 Å². The summed E-state index contributed by atoms with van der Waals surface area (Å²) in [7, 11) is 0. The monoisotopic (exact) mass is 289 g/mol. The second kappa shape index (κ2) is 5.34. The Balaban J connectivity index is 2.86. The van der Waals surface area contributed by atoms with Gasteiger partial charge in [-0.05, 0) is 19.1 Å². The van der Waals surface area contributed by atoms with Crippen LogP contribution in [0.25, 0.3) is 17.0 Å². The molecule has 0 radical (unpaired) electrons. The number of benzene rings is 1. The van der Waals surface area contributed by atoms with Crippen LogP contribution in [0.1, 0.15) is 21.6 Å². The first-order chi connectivity index (χ1) is 9.41. The highest BCUT2D eigenvalue weighted by Crippen LogP contribution is 2.26. The van der Waals surface area contributed by atoms with Crippen LogP contribution in [0.5, 0.6) is 0 Å². The summed E-state index contributed by atoms with van der Waals surface area (Å²) in [5, 5.41) is 18.7. The second-order valence-corrected chi connectivity index (χ2v) is 4.62. The first kappa shape index (κ1) is 14.1. The Morgan fingerprint density at radius 2 is 1.90 bits per heavy atom. The van der Waals surface area contributed by atoms with E-state index in [0.717, 1.165) is 0 Å². The van der Waals surface area contributed by atoms with Crippen molar-refractivity contribution >= 4 is 41.5 Å². The Bertz CT molecular complexity index is 752. The van der Waals surface area contributed by atoms with Gasteiger partial charge in [0.25, 0.3) is 0 Å². The molecule has 0 atom stereocenters. The number of carboxylic acids is 2. The van der Waals surface area contributed by atoms with Crippen LogP contribution in [-0.2, 0) is 4.79 Å². The summed E-state index contributed by atoms with van der Waals surface area (Å²) in [5.74, 6) is -2.36. The maximum atomic E-state index is 11.5. The van der Waals surface area contributed by atoms with Crippen molar-refractivity contribution in [3.63, 3.8) is 0 Å². The Morgan fingerprint density at radius 3 is 2.50 bits per heavy atom. The molecule has 0 saturated carbocycles. The zero-order valence-corrected chi connectivity index (χ0v) is 11.4. The lowest BCUT2D eigenvalue weighted by atomic mass is 10.00. The SMILES string of the molecule is Cc1nc2ccccc2c(C(=O)O)c1/C=C(\S)C(=O)O. The fourth-order valence-corrected chi connectivity index (χ4v) is 2.08. The van der Waals surface area contributed by atoms with Crippen LogP contribution in [0.3, 0.4) is 0 Å². The van der Waals surface area contributed by atoms with E-state index in [2.05, 4.69) is 17.6 Å². The van der Waals surface area contributed by atoms with Gasteiger partial charge in [-0.3, -0.25) is 4.98 Å². The van der Waals surface area contributed by atoms with E-state index >= 15 is 0 Å². The molecule has 0 aliphatic rings. The summed E-state index contributed by atoms with van der Waals surface area (Å²) in [5.41, 5.74) is 1.27. The number of para-hydroxylation sites is 1. The standard InChI is InChI=1S/C14H11NO4S/c1-7-9(6-11(20)13(16)17)12(14(18)19)8-4-2-3-5-10(8)15-7/h2-6,20H,1H3,(H,16,17)(H,18,19)/b11-6-. The predicted molar refractivity (Wildman–Crippen MR) is 78.0 cm³/mol. The molecule has 0 aliphatic carbocycles. The Kier molecular flexibility index (Phi) is 3.76. The number of aromatic nitrogens is 1. The van der Waals surface area contributed by atoms with Gasteiger partial charge in [0.05, 0.1) is 16.0 Å². The second-order valence-electron chi connectivity index (χ2n) is 4.14. The average Bonchev–Trinajstić information content (AvgIpc) is 2.38. The first-order valence-electron chi connectivity index (χ1n) is 5.68. The molecule has 1 aromatic heterocycles. The summed E-state index contributed by atoms with van der Waals surface area (Å²) < 4.78 is 0. The predicted octanol–water partition coefficient (Wildman–Crippen LogP) is 2.60. The number of rotatable bonds is 3. The molecule has 20 heavy (non-hydrogen) atoms. The lowest BCUT2D eigenvalue weighted by Gasteiger charge is -2.09. The van der Waals surface area contributed by atoms with E-state index in [-0.39, 0.29) is 16.0 Å².